The number of rotatable bonds is 8. The Morgan fingerprint density at radius 3 is 2.50 bits per heavy atom. The van der Waals surface area contributed by atoms with Gasteiger partial charge >= 0.3 is 0 Å². The quantitative estimate of drug-likeness (QED) is 0.544. The standard InChI is InChI=1S/C19H24N2O4S/c1-4-14(3)15-9-11-17(12-10-15)26(23,24)21-20-13-16-7-6-8-18(19(16)22)25-5-2/h6-14,21-22H,4-5H2,1-3H3/b20-13-/t14-/m0/s1. The third-order valence-corrected chi connectivity index (χ3v) is 5.32. The fourth-order valence-corrected chi connectivity index (χ4v) is 3.14. The van der Waals surface area contributed by atoms with Crippen molar-refractivity contribution in [1.29, 1.82) is 0 Å². The third kappa shape index (κ3) is 4.76. The van der Waals surface area contributed by atoms with Crippen molar-refractivity contribution < 1.29 is 18.3 Å². The molecule has 0 radical (unpaired) electrons. The van der Waals surface area contributed by atoms with Gasteiger partial charge in [0, 0.05) is 5.56 Å². The zero-order valence-corrected chi connectivity index (χ0v) is 16.0. The molecular formula is C19H24N2O4S. The number of nitrogens with one attached hydrogen (secondary N) is 1. The van der Waals surface area contributed by atoms with E-state index in [-0.39, 0.29) is 10.6 Å². The van der Waals surface area contributed by atoms with Gasteiger partial charge in [-0.2, -0.15) is 13.5 Å². The normalized spacial score (nSPS) is 12.9. The molecule has 0 spiro atoms. The van der Waals surface area contributed by atoms with Crippen molar-refractivity contribution in [3.05, 3.63) is 53.6 Å². The average molecular weight is 376 g/mol. The van der Waals surface area contributed by atoms with Crippen LogP contribution in [0.3, 0.4) is 0 Å². The van der Waals surface area contributed by atoms with Crippen LogP contribution in [0.4, 0.5) is 0 Å². The van der Waals surface area contributed by atoms with E-state index in [4.69, 9.17) is 4.74 Å². The van der Waals surface area contributed by atoms with Crippen molar-refractivity contribution in [1.82, 2.24) is 4.83 Å². The molecule has 2 rings (SSSR count). The van der Waals surface area contributed by atoms with Gasteiger partial charge in [-0.1, -0.05) is 32.0 Å². The molecule has 0 aliphatic rings. The molecule has 0 fully saturated rings. The van der Waals surface area contributed by atoms with E-state index in [0.29, 0.717) is 23.8 Å². The highest BCUT2D eigenvalue weighted by molar-refractivity contribution is 7.89. The van der Waals surface area contributed by atoms with E-state index in [1.807, 2.05) is 12.1 Å². The summed E-state index contributed by atoms with van der Waals surface area (Å²) < 4.78 is 29.9. The summed E-state index contributed by atoms with van der Waals surface area (Å²) in [5, 5.41) is 13.8. The summed E-state index contributed by atoms with van der Waals surface area (Å²) in [4.78, 5) is 2.29. The smallest absolute Gasteiger partial charge is 0.276 e. The van der Waals surface area contributed by atoms with Crippen LogP contribution in [-0.4, -0.2) is 26.3 Å². The van der Waals surface area contributed by atoms with Gasteiger partial charge in [-0.15, -0.1) is 0 Å². The number of para-hydroxylation sites is 1. The Morgan fingerprint density at radius 2 is 1.88 bits per heavy atom. The van der Waals surface area contributed by atoms with Gasteiger partial charge in [0.2, 0.25) is 0 Å². The maximum atomic E-state index is 12.3. The highest BCUT2D eigenvalue weighted by Gasteiger charge is 2.13. The molecule has 26 heavy (non-hydrogen) atoms. The van der Waals surface area contributed by atoms with E-state index in [2.05, 4.69) is 23.8 Å². The second kappa shape index (κ2) is 8.71. The van der Waals surface area contributed by atoms with Crippen LogP contribution >= 0.6 is 0 Å². The molecule has 2 aromatic carbocycles. The summed E-state index contributed by atoms with van der Waals surface area (Å²) in [6.45, 7) is 6.39. The molecule has 1 atom stereocenters. The average Bonchev–Trinajstić information content (AvgIpc) is 2.64. The number of hydrogen-bond acceptors (Lipinski definition) is 5. The van der Waals surface area contributed by atoms with E-state index >= 15 is 0 Å². The fourth-order valence-electron chi connectivity index (χ4n) is 2.34. The number of hydrazone groups is 1. The van der Waals surface area contributed by atoms with Crippen molar-refractivity contribution in [2.75, 3.05) is 6.61 Å². The Bertz CT molecular complexity index is 862. The number of sulfonamides is 1. The second-order valence-electron chi connectivity index (χ2n) is 5.86. The lowest BCUT2D eigenvalue weighted by Crippen LogP contribution is -2.18. The number of ether oxygens (including phenoxy) is 1. The van der Waals surface area contributed by atoms with Gasteiger partial charge in [0.25, 0.3) is 10.0 Å². The highest BCUT2D eigenvalue weighted by Crippen LogP contribution is 2.28. The van der Waals surface area contributed by atoms with E-state index in [0.717, 1.165) is 12.0 Å². The van der Waals surface area contributed by atoms with Crippen LogP contribution in [0.1, 0.15) is 44.2 Å². The first-order chi connectivity index (χ1) is 12.4. The summed E-state index contributed by atoms with van der Waals surface area (Å²) >= 11 is 0. The highest BCUT2D eigenvalue weighted by atomic mass is 32.2. The molecule has 2 aromatic rings. The van der Waals surface area contributed by atoms with Gasteiger partial charge in [-0.3, -0.25) is 0 Å². The Morgan fingerprint density at radius 1 is 1.19 bits per heavy atom. The fraction of sp³-hybridized carbons (Fsp3) is 0.316. The van der Waals surface area contributed by atoms with Gasteiger partial charge in [0.1, 0.15) is 0 Å². The molecule has 0 bridgehead atoms. The molecule has 7 heteroatoms. The molecule has 0 aromatic heterocycles. The Balaban J connectivity index is 2.13. The van der Waals surface area contributed by atoms with E-state index in [1.165, 1.54) is 6.21 Å². The number of phenolic OH excluding ortho intramolecular Hbond substituents is 1. The van der Waals surface area contributed by atoms with Crippen molar-refractivity contribution in [2.45, 2.75) is 38.0 Å². The molecular weight excluding hydrogens is 352 g/mol. The minimum absolute atomic E-state index is 0.0878. The predicted octanol–water partition coefficient (Wildman–Crippen LogP) is 3.62. The van der Waals surface area contributed by atoms with Gasteiger partial charge < -0.3 is 9.84 Å². The number of aromatic hydroxyl groups is 1. The number of benzene rings is 2. The lowest BCUT2D eigenvalue weighted by atomic mass is 9.99. The van der Waals surface area contributed by atoms with Crippen LogP contribution in [0.5, 0.6) is 11.5 Å². The minimum atomic E-state index is -3.77. The minimum Gasteiger partial charge on any atom is -0.504 e. The first-order valence-electron chi connectivity index (χ1n) is 8.48. The number of phenols is 1. The Hall–Kier alpha value is -2.54. The molecule has 140 valence electrons. The van der Waals surface area contributed by atoms with Crippen LogP contribution in [0.2, 0.25) is 0 Å². The van der Waals surface area contributed by atoms with E-state index in [9.17, 15) is 13.5 Å². The number of nitrogens with zero attached hydrogens (tertiary/aromatic N) is 1. The van der Waals surface area contributed by atoms with Crippen molar-refractivity contribution in [2.24, 2.45) is 5.10 Å². The maximum absolute atomic E-state index is 12.3. The van der Waals surface area contributed by atoms with Gasteiger partial charge in [-0.05, 0) is 49.1 Å². The van der Waals surface area contributed by atoms with Crippen LogP contribution < -0.4 is 9.57 Å². The molecule has 0 unspecified atom stereocenters. The molecule has 0 heterocycles. The largest absolute Gasteiger partial charge is 0.504 e. The Kier molecular flexibility index (Phi) is 6.63. The van der Waals surface area contributed by atoms with Gasteiger partial charge in [-0.25, -0.2) is 4.83 Å². The maximum Gasteiger partial charge on any atom is 0.276 e. The predicted molar refractivity (Wildman–Crippen MR) is 102 cm³/mol. The zero-order valence-electron chi connectivity index (χ0n) is 15.1. The van der Waals surface area contributed by atoms with Crippen LogP contribution in [-0.2, 0) is 10.0 Å². The summed E-state index contributed by atoms with van der Waals surface area (Å²) in [5.74, 6) is 0.605. The summed E-state index contributed by atoms with van der Waals surface area (Å²) in [6, 6.07) is 11.7. The first kappa shape index (κ1) is 19.8. The summed E-state index contributed by atoms with van der Waals surface area (Å²) in [5.41, 5.74) is 1.44. The van der Waals surface area contributed by atoms with Crippen LogP contribution in [0.25, 0.3) is 0 Å². The number of hydrogen-bond donors (Lipinski definition) is 2. The third-order valence-electron chi connectivity index (χ3n) is 4.08. The summed E-state index contributed by atoms with van der Waals surface area (Å²) in [7, 11) is -3.77. The molecule has 0 saturated heterocycles. The van der Waals surface area contributed by atoms with E-state index < -0.39 is 10.0 Å². The second-order valence-corrected chi connectivity index (χ2v) is 7.52. The van der Waals surface area contributed by atoms with Crippen LogP contribution in [0.15, 0.2) is 52.5 Å². The molecule has 6 nitrogen and oxygen atoms in total. The zero-order chi connectivity index (χ0) is 19.2. The SMILES string of the molecule is CCOc1cccc(/C=N\NS(=O)(=O)c2ccc([C@@H](C)CC)cc2)c1O. The molecule has 0 aliphatic heterocycles. The lowest BCUT2D eigenvalue weighted by molar-refractivity contribution is 0.318. The molecule has 2 N–H and O–H groups in total. The molecule has 0 saturated carbocycles. The van der Waals surface area contributed by atoms with E-state index in [1.54, 1.807) is 37.3 Å². The molecule has 0 amide bonds. The van der Waals surface area contributed by atoms with Crippen LogP contribution in [0, 0.1) is 0 Å². The van der Waals surface area contributed by atoms with Crippen molar-refractivity contribution >= 4 is 16.2 Å². The van der Waals surface area contributed by atoms with Crippen molar-refractivity contribution in [3.63, 3.8) is 0 Å². The van der Waals surface area contributed by atoms with Gasteiger partial charge in [0.15, 0.2) is 11.5 Å². The Labute approximate surface area is 154 Å². The topological polar surface area (TPSA) is 88.0 Å². The van der Waals surface area contributed by atoms with Gasteiger partial charge in [0.05, 0.1) is 17.7 Å². The summed E-state index contributed by atoms with van der Waals surface area (Å²) in [6.07, 6.45) is 2.22. The first-order valence-corrected chi connectivity index (χ1v) is 9.97. The lowest BCUT2D eigenvalue weighted by Gasteiger charge is -2.10. The van der Waals surface area contributed by atoms with Crippen molar-refractivity contribution in [3.8, 4) is 11.5 Å². The monoisotopic (exact) mass is 376 g/mol. The molecule has 0 aliphatic carbocycles.